The fraction of sp³-hybridized carbons (Fsp3) is 0.455. The maximum atomic E-state index is 12.0. The van der Waals surface area contributed by atoms with E-state index in [4.69, 9.17) is 5.73 Å². The summed E-state index contributed by atoms with van der Waals surface area (Å²) in [5, 5.41) is 0. The monoisotopic (exact) mass is 262 g/mol. The topological polar surface area (TPSA) is 110 Å². The number of imidazole rings is 1. The Bertz CT molecular complexity index is 667. The number of urea groups is 1. The van der Waals surface area contributed by atoms with Gasteiger partial charge < -0.3 is 10.6 Å². The molecule has 1 saturated heterocycles. The van der Waals surface area contributed by atoms with Crippen molar-refractivity contribution in [2.75, 3.05) is 13.1 Å². The summed E-state index contributed by atoms with van der Waals surface area (Å²) in [6.45, 7) is 1.12. The Labute approximate surface area is 108 Å². The Morgan fingerprint density at radius 1 is 1.42 bits per heavy atom. The summed E-state index contributed by atoms with van der Waals surface area (Å²) in [7, 11) is 0. The van der Waals surface area contributed by atoms with Crippen LogP contribution in [-0.2, 0) is 0 Å². The number of H-pyrrole nitrogens is 1. The molecule has 1 aliphatic heterocycles. The number of hydrogen-bond donors (Lipinski definition) is 2. The lowest BCUT2D eigenvalue weighted by Crippen LogP contribution is -2.43. The lowest BCUT2D eigenvalue weighted by molar-refractivity contribution is 0.180. The largest absolute Gasteiger partial charge is 0.351 e. The van der Waals surface area contributed by atoms with E-state index in [2.05, 4.69) is 15.0 Å². The average molecular weight is 262 g/mol. The highest BCUT2D eigenvalue weighted by Crippen LogP contribution is 2.23. The number of aromatic nitrogens is 4. The first-order chi connectivity index (χ1) is 9.16. The van der Waals surface area contributed by atoms with Crippen molar-refractivity contribution in [2.45, 2.75) is 18.9 Å². The number of likely N-dealkylation sites (tertiary alicyclic amines) is 1. The maximum absolute atomic E-state index is 12.0. The minimum absolute atomic E-state index is 0.0443. The number of fused-ring (bicyclic) bond motifs is 1. The lowest BCUT2D eigenvalue weighted by Gasteiger charge is -2.31. The summed E-state index contributed by atoms with van der Waals surface area (Å²) in [6.07, 6.45) is 4.42. The van der Waals surface area contributed by atoms with Gasteiger partial charge in [-0.3, -0.25) is 9.55 Å². The van der Waals surface area contributed by atoms with Crippen molar-refractivity contribution in [1.82, 2.24) is 24.4 Å². The molecule has 0 unspecified atom stereocenters. The van der Waals surface area contributed by atoms with Gasteiger partial charge in [-0.25, -0.2) is 19.6 Å². The smallest absolute Gasteiger partial charge is 0.327 e. The van der Waals surface area contributed by atoms with E-state index in [9.17, 15) is 9.59 Å². The van der Waals surface area contributed by atoms with Crippen LogP contribution in [0.4, 0.5) is 4.79 Å². The van der Waals surface area contributed by atoms with E-state index in [1.54, 1.807) is 15.7 Å². The lowest BCUT2D eigenvalue weighted by atomic mass is 10.1. The van der Waals surface area contributed by atoms with Gasteiger partial charge in [0.15, 0.2) is 5.65 Å². The molecule has 0 aliphatic carbocycles. The molecule has 2 aromatic rings. The van der Waals surface area contributed by atoms with Crippen LogP contribution in [0, 0.1) is 0 Å². The van der Waals surface area contributed by atoms with Gasteiger partial charge in [-0.1, -0.05) is 0 Å². The highest BCUT2D eigenvalue weighted by molar-refractivity contribution is 5.72. The second-order valence-electron chi connectivity index (χ2n) is 4.61. The van der Waals surface area contributed by atoms with Gasteiger partial charge in [0.2, 0.25) is 0 Å². The van der Waals surface area contributed by atoms with Crippen molar-refractivity contribution in [2.24, 2.45) is 5.73 Å². The minimum atomic E-state index is -0.409. The molecule has 1 fully saturated rings. The van der Waals surface area contributed by atoms with E-state index < -0.39 is 6.03 Å². The Morgan fingerprint density at radius 2 is 2.16 bits per heavy atom. The van der Waals surface area contributed by atoms with E-state index in [0.29, 0.717) is 37.1 Å². The van der Waals surface area contributed by atoms with Crippen molar-refractivity contribution in [3.8, 4) is 0 Å². The molecule has 0 bridgehead atoms. The molecule has 2 amide bonds. The van der Waals surface area contributed by atoms with Crippen LogP contribution in [0.5, 0.6) is 0 Å². The van der Waals surface area contributed by atoms with Crippen LogP contribution in [0.2, 0.25) is 0 Å². The number of carbonyl (C=O) groups is 1. The van der Waals surface area contributed by atoms with Crippen molar-refractivity contribution in [3.05, 3.63) is 23.0 Å². The number of amides is 2. The summed E-state index contributed by atoms with van der Waals surface area (Å²) < 4.78 is 1.67. The summed E-state index contributed by atoms with van der Waals surface area (Å²) in [5.41, 5.74) is 6.30. The number of hydrogen-bond acceptors (Lipinski definition) is 4. The number of carbonyl (C=O) groups excluding carboxylic acids is 1. The van der Waals surface area contributed by atoms with Crippen molar-refractivity contribution >= 4 is 17.2 Å². The second-order valence-corrected chi connectivity index (χ2v) is 4.61. The Balaban J connectivity index is 1.92. The SMILES string of the molecule is NC(=O)N1CCC(n2c(=O)[nH]c3ncncc32)CC1. The second kappa shape index (κ2) is 4.38. The molecule has 0 spiro atoms. The molecule has 8 heteroatoms. The molecule has 0 atom stereocenters. The van der Waals surface area contributed by atoms with Crippen LogP contribution in [0.25, 0.3) is 11.2 Å². The third-order valence-corrected chi connectivity index (χ3v) is 3.54. The molecule has 3 rings (SSSR count). The van der Waals surface area contributed by atoms with E-state index >= 15 is 0 Å². The van der Waals surface area contributed by atoms with Gasteiger partial charge in [0, 0.05) is 19.1 Å². The van der Waals surface area contributed by atoms with Crippen LogP contribution >= 0.6 is 0 Å². The highest BCUT2D eigenvalue weighted by Gasteiger charge is 2.25. The number of rotatable bonds is 1. The first-order valence-corrected chi connectivity index (χ1v) is 6.11. The first kappa shape index (κ1) is 11.7. The molecular formula is C11H14N6O2. The van der Waals surface area contributed by atoms with Crippen LogP contribution in [0.3, 0.4) is 0 Å². The predicted molar refractivity (Wildman–Crippen MR) is 67.6 cm³/mol. The van der Waals surface area contributed by atoms with E-state index in [0.717, 1.165) is 0 Å². The van der Waals surface area contributed by atoms with E-state index in [-0.39, 0.29) is 11.7 Å². The molecule has 2 aromatic heterocycles. The number of nitrogens with one attached hydrogen (secondary N) is 1. The quantitative estimate of drug-likeness (QED) is 0.743. The number of aromatic amines is 1. The number of primary amides is 1. The number of nitrogens with zero attached hydrogens (tertiary/aromatic N) is 4. The minimum Gasteiger partial charge on any atom is -0.351 e. The van der Waals surface area contributed by atoms with Crippen molar-refractivity contribution in [1.29, 1.82) is 0 Å². The molecular weight excluding hydrogens is 248 g/mol. The van der Waals surface area contributed by atoms with Crippen LogP contribution in [0.1, 0.15) is 18.9 Å². The first-order valence-electron chi connectivity index (χ1n) is 6.11. The van der Waals surface area contributed by atoms with Gasteiger partial charge in [0.05, 0.1) is 6.20 Å². The van der Waals surface area contributed by atoms with Crippen molar-refractivity contribution in [3.63, 3.8) is 0 Å². The number of nitrogens with two attached hydrogens (primary N) is 1. The Hall–Kier alpha value is -2.38. The molecule has 19 heavy (non-hydrogen) atoms. The van der Waals surface area contributed by atoms with Crippen LogP contribution in [0.15, 0.2) is 17.3 Å². The molecule has 1 aliphatic rings. The Morgan fingerprint density at radius 3 is 2.84 bits per heavy atom. The van der Waals surface area contributed by atoms with Crippen molar-refractivity contribution < 1.29 is 4.79 Å². The average Bonchev–Trinajstić information content (AvgIpc) is 2.74. The molecule has 0 radical (unpaired) electrons. The van der Waals surface area contributed by atoms with Crippen LogP contribution in [-0.4, -0.2) is 43.5 Å². The van der Waals surface area contributed by atoms with E-state index in [1.165, 1.54) is 6.33 Å². The zero-order valence-corrected chi connectivity index (χ0v) is 10.2. The maximum Gasteiger partial charge on any atom is 0.327 e. The molecule has 0 aromatic carbocycles. The molecule has 3 N–H and O–H groups in total. The molecule has 3 heterocycles. The third-order valence-electron chi connectivity index (χ3n) is 3.54. The normalized spacial score (nSPS) is 16.9. The van der Waals surface area contributed by atoms with Crippen LogP contribution < -0.4 is 11.4 Å². The zero-order chi connectivity index (χ0) is 13.4. The molecule has 8 nitrogen and oxygen atoms in total. The fourth-order valence-electron chi connectivity index (χ4n) is 2.57. The van der Waals surface area contributed by atoms with Gasteiger partial charge in [-0.15, -0.1) is 0 Å². The standard InChI is InChI=1S/C11H14N6O2/c12-10(18)16-3-1-7(2-4-16)17-8-5-13-6-14-9(8)15-11(17)19/h5-7H,1-4H2,(H2,12,18)(H,13,14,15,19). The van der Waals surface area contributed by atoms with Gasteiger partial charge in [-0.05, 0) is 12.8 Å². The zero-order valence-electron chi connectivity index (χ0n) is 10.2. The predicted octanol–water partition coefficient (Wildman–Crippen LogP) is -0.165. The van der Waals surface area contributed by atoms with Gasteiger partial charge >= 0.3 is 11.7 Å². The highest BCUT2D eigenvalue weighted by atomic mass is 16.2. The van der Waals surface area contributed by atoms with Gasteiger partial charge in [0.25, 0.3) is 0 Å². The third kappa shape index (κ3) is 1.94. The number of piperidine rings is 1. The molecule has 0 saturated carbocycles. The summed E-state index contributed by atoms with van der Waals surface area (Å²) in [5.74, 6) is 0. The summed E-state index contributed by atoms with van der Waals surface area (Å²) >= 11 is 0. The molecule has 100 valence electrons. The van der Waals surface area contributed by atoms with E-state index in [1.807, 2.05) is 0 Å². The summed E-state index contributed by atoms with van der Waals surface area (Å²) in [4.78, 5) is 35.3. The summed E-state index contributed by atoms with van der Waals surface area (Å²) in [6, 6.07) is -0.365. The Kier molecular flexibility index (Phi) is 2.69. The fourth-order valence-corrected chi connectivity index (χ4v) is 2.57. The van der Waals surface area contributed by atoms with Gasteiger partial charge in [0.1, 0.15) is 11.8 Å². The van der Waals surface area contributed by atoms with Gasteiger partial charge in [-0.2, -0.15) is 0 Å².